The number of nitrogens with one attached hydrogen (secondary N) is 3. The second-order valence-corrected chi connectivity index (χ2v) is 7.68. The summed E-state index contributed by atoms with van der Waals surface area (Å²) in [5.41, 5.74) is 1.17. The first-order valence-corrected chi connectivity index (χ1v) is 9.94. The lowest BCUT2D eigenvalue weighted by Gasteiger charge is -2.23. The summed E-state index contributed by atoms with van der Waals surface area (Å²) in [5.74, 6) is 2.24. The number of H-pyrrole nitrogens is 3. The van der Waals surface area contributed by atoms with E-state index in [1.165, 1.54) is 37.7 Å². The van der Waals surface area contributed by atoms with E-state index in [-0.39, 0.29) is 0 Å². The fourth-order valence-corrected chi connectivity index (χ4v) is 4.46. The number of aromatic amines is 3. The molecule has 0 amide bonds. The molecule has 1 atom stereocenters. The molecule has 0 saturated heterocycles. The molecule has 0 radical (unpaired) electrons. The first kappa shape index (κ1) is 17.8. The maximum absolute atomic E-state index is 11.9. The number of aromatic nitrogens is 4. The smallest absolute Gasteiger partial charge is 0.327 e. The van der Waals surface area contributed by atoms with Crippen molar-refractivity contribution in [2.24, 2.45) is 11.8 Å². The number of benzene rings is 1. The predicted molar refractivity (Wildman–Crippen MR) is 106 cm³/mol. The minimum atomic E-state index is -0.516. The summed E-state index contributed by atoms with van der Waals surface area (Å²) in [5, 5.41) is 0. The van der Waals surface area contributed by atoms with Gasteiger partial charge >= 0.3 is 5.69 Å². The molecule has 1 aromatic carbocycles. The van der Waals surface area contributed by atoms with Gasteiger partial charge in [0, 0.05) is 6.42 Å². The quantitative estimate of drug-likeness (QED) is 0.599. The Kier molecular flexibility index (Phi) is 5.23. The Labute approximate surface area is 157 Å². The van der Waals surface area contributed by atoms with Crippen LogP contribution < -0.4 is 11.2 Å². The Morgan fingerprint density at radius 3 is 2.48 bits per heavy atom. The summed E-state index contributed by atoms with van der Waals surface area (Å²) in [6.45, 7) is 0. The van der Waals surface area contributed by atoms with Crippen LogP contribution in [0.2, 0.25) is 0 Å². The van der Waals surface area contributed by atoms with Crippen molar-refractivity contribution in [1.82, 2.24) is 19.9 Å². The van der Waals surface area contributed by atoms with Gasteiger partial charge in [0.25, 0.3) is 5.56 Å². The monoisotopic (exact) mass is 366 g/mol. The van der Waals surface area contributed by atoms with Gasteiger partial charge in [0.1, 0.15) is 11.3 Å². The summed E-state index contributed by atoms with van der Waals surface area (Å²) in [6, 6.07) is 10.7. The molecule has 4 rings (SSSR count). The second-order valence-electron chi connectivity index (χ2n) is 7.68. The van der Waals surface area contributed by atoms with E-state index in [0.29, 0.717) is 17.1 Å². The molecule has 2 heterocycles. The second kappa shape index (κ2) is 7.94. The number of rotatable bonds is 7. The Hall–Kier alpha value is -2.63. The number of hydrogen-bond acceptors (Lipinski definition) is 3. The minimum Gasteiger partial charge on any atom is -0.336 e. The van der Waals surface area contributed by atoms with E-state index < -0.39 is 11.2 Å². The third-order valence-electron chi connectivity index (χ3n) is 5.90. The topological polar surface area (TPSA) is 94.4 Å². The van der Waals surface area contributed by atoms with Crippen molar-refractivity contribution in [3.05, 3.63) is 62.6 Å². The number of aryl methyl sites for hydroxylation is 2. The molecule has 0 bridgehead atoms. The Balaban J connectivity index is 1.45. The molecule has 3 aromatic rings. The third kappa shape index (κ3) is 4.21. The van der Waals surface area contributed by atoms with Crippen LogP contribution in [0.5, 0.6) is 0 Å². The lowest BCUT2D eigenvalue weighted by molar-refractivity contribution is 0.298. The number of nitrogens with zero attached hydrogens (tertiary/aromatic N) is 1. The normalized spacial score (nSPS) is 16.1. The van der Waals surface area contributed by atoms with Crippen LogP contribution in [-0.4, -0.2) is 19.9 Å². The highest BCUT2D eigenvalue weighted by atomic mass is 16.2. The Bertz CT molecular complexity index is 996. The van der Waals surface area contributed by atoms with Crippen molar-refractivity contribution in [2.45, 2.75) is 51.4 Å². The fourth-order valence-electron chi connectivity index (χ4n) is 4.46. The predicted octanol–water partition coefficient (Wildman–Crippen LogP) is 3.31. The molecule has 6 nitrogen and oxygen atoms in total. The highest BCUT2D eigenvalue weighted by Gasteiger charge is 2.25. The van der Waals surface area contributed by atoms with Crippen molar-refractivity contribution >= 4 is 11.2 Å². The standard InChI is InChI=1S/C21H26N4O2/c26-20-18-19(24-21(27)25-20)23-17(22-18)13-12-16(15-8-4-5-9-15)11-10-14-6-2-1-3-7-14/h1-3,6-7,15-16H,4-5,8-13H2,(H3,22,23,24,25,26,27). The van der Waals surface area contributed by atoms with Crippen LogP contribution in [0.15, 0.2) is 39.9 Å². The zero-order valence-corrected chi connectivity index (χ0v) is 15.5. The molecule has 6 heteroatoms. The summed E-state index contributed by atoms with van der Waals surface area (Å²) in [4.78, 5) is 35.6. The van der Waals surface area contributed by atoms with Gasteiger partial charge in [-0.1, -0.05) is 56.0 Å². The largest absolute Gasteiger partial charge is 0.336 e. The maximum Gasteiger partial charge on any atom is 0.327 e. The maximum atomic E-state index is 11.9. The van der Waals surface area contributed by atoms with Crippen LogP contribution in [0.1, 0.15) is 49.9 Å². The Morgan fingerprint density at radius 2 is 1.70 bits per heavy atom. The van der Waals surface area contributed by atoms with Crippen molar-refractivity contribution in [3.63, 3.8) is 0 Å². The van der Waals surface area contributed by atoms with Gasteiger partial charge in [-0.2, -0.15) is 0 Å². The van der Waals surface area contributed by atoms with E-state index in [0.717, 1.165) is 31.0 Å². The van der Waals surface area contributed by atoms with E-state index in [2.05, 4.69) is 50.3 Å². The van der Waals surface area contributed by atoms with Crippen LogP contribution in [0, 0.1) is 11.8 Å². The molecular weight excluding hydrogens is 340 g/mol. The molecule has 1 aliphatic rings. The highest BCUT2D eigenvalue weighted by molar-refractivity contribution is 5.68. The first-order valence-electron chi connectivity index (χ1n) is 9.94. The van der Waals surface area contributed by atoms with E-state index in [9.17, 15) is 9.59 Å². The summed E-state index contributed by atoms with van der Waals surface area (Å²) in [6.07, 6.45) is 9.48. The molecule has 1 aliphatic carbocycles. The molecule has 1 unspecified atom stereocenters. The Morgan fingerprint density at radius 1 is 0.963 bits per heavy atom. The lowest BCUT2D eigenvalue weighted by Crippen LogP contribution is -2.21. The number of hydrogen-bond donors (Lipinski definition) is 3. The van der Waals surface area contributed by atoms with Gasteiger partial charge in [-0.05, 0) is 36.7 Å². The van der Waals surface area contributed by atoms with Gasteiger partial charge in [0.15, 0.2) is 5.65 Å². The van der Waals surface area contributed by atoms with E-state index in [1.807, 2.05) is 0 Å². The fraction of sp³-hybridized carbons (Fsp3) is 0.476. The molecule has 3 N–H and O–H groups in total. The molecule has 1 saturated carbocycles. The van der Waals surface area contributed by atoms with Gasteiger partial charge < -0.3 is 4.98 Å². The summed E-state index contributed by atoms with van der Waals surface area (Å²) >= 11 is 0. The highest BCUT2D eigenvalue weighted by Crippen LogP contribution is 2.36. The third-order valence-corrected chi connectivity index (χ3v) is 5.90. The van der Waals surface area contributed by atoms with Gasteiger partial charge in [-0.25, -0.2) is 9.78 Å². The van der Waals surface area contributed by atoms with Crippen LogP contribution in [0.25, 0.3) is 11.2 Å². The van der Waals surface area contributed by atoms with E-state index in [1.54, 1.807) is 0 Å². The minimum absolute atomic E-state index is 0.348. The lowest BCUT2D eigenvalue weighted by atomic mass is 9.83. The molecule has 0 aliphatic heterocycles. The first-order chi connectivity index (χ1) is 13.2. The van der Waals surface area contributed by atoms with Gasteiger partial charge in [-0.3, -0.25) is 14.8 Å². The van der Waals surface area contributed by atoms with E-state index in [4.69, 9.17) is 0 Å². The van der Waals surface area contributed by atoms with Crippen LogP contribution in [0.4, 0.5) is 0 Å². The van der Waals surface area contributed by atoms with Crippen LogP contribution >= 0.6 is 0 Å². The van der Waals surface area contributed by atoms with Gasteiger partial charge in [-0.15, -0.1) is 0 Å². The summed E-state index contributed by atoms with van der Waals surface area (Å²) in [7, 11) is 0. The molecule has 142 valence electrons. The van der Waals surface area contributed by atoms with Gasteiger partial charge in [0.2, 0.25) is 0 Å². The van der Waals surface area contributed by atoms with Crippen LogP contribution in [-0.2, 0) is 12.8 Å². The summed E-state index contributed by atoms with van der Waals surface area (Å²) < 4.78 is 0. The molecule has 0 spiro atoms. The van der Waals surface area contributed by atoms with Crippen molar-refractivity contribution in [1.29, 1.82) is 0 Å². The zero-order valence-electron chi connectivity index (χ0n) is 15.5. The van der Waals surface area contributed by atoms with E-state index >= 15 is 0 Å². The molecule has 27 heavy (non-hydrogen) atoms. The molecular formula is C21H26N4O2. The molecule has 1 fully saturated rings. The SMILES string of the molecule is O=c1[nH]c(=O)c2[nH]c(CCC(CCc3ccccc3)C3CCCC3)nc2[nH]1. The number of imidazole rings is 1. The average molecular weight is 366 g/mol. The van der Waals surface area contributed by atoms with Crippen molar-refractivity contribution < 1.29 is 0 Å². The van der Waals surface area contributed by atoms with Crippen molar-refractivity contribution in [3.8, 4) is 0 Å². The van der Waals surface area contributed by atoms with Gasteiger partial charge in [0.05, 0.1) is 0 Å². The number of fused-ring (bicyclic) bond motifs is 1. The van der Waals surface area contributed by atoms with Crippen molar-refractivity contribution in [2.75, 3.05) is 0 Å². The van der Waals surface area contributed by atoms with Crippen LogP contribution in [0.3, 0.4) is 0 Å². The molecule has 2 aromatic heterocycles. The average Bonchev–Trinajstić information content (AvgIpc) is 3.32. The zero-order chi connectivity index (χ0) is 18.6.